The third kappa shape index (κ3) is 4.06. The molecule has 0 saturated carbocycles. The van der Waals surface area contributed by atoms with Crippen LogP contribution in [0, 0.1) is 6.92 Å². The van der Waals surface area contributed by atoms with Crippen molar-refractivity contribution in [1.29, 1.82) is 0 Å². The second-order valence-corrected chi connectivity index (χ2v) is 5.77. The molecule has 0 aliphatic carbocycles. The van der Waals surface area contributed by atoms with Gasteiger partial charge in [0.05, 0.1) is 12.8 Å². The first-order valence-electron chi connectivity index (χ1n) is 6.44. The minimum atomic E-state index is -0.984. The molecule has 0 radical (unpaired) electrons. The summed E-state index contributed by atoms with van der Waals surface area (Å²) in [5.74, 6) is -1.43. The summed E-state index contributed by atoms with van der Waals surface area (Å²) in [5.41, 5.74) is -0.617. The summed E-state index contributed by atoms with van der Waals surface area (Å²) in [6.07, 6.45) is 1.10. The second kappa shape index (κ2) is 6.70. The molecule has 1 rings (SSSR count). The number of carboxylic acids is 1. The quantitative estimate of drug-likeness (QED) is 0.779. The van der Waals surface area contributed by atoms with Crippen LogP contribution in [0.4, 0.5) is 0 Å². The van der Waals surface area contributed by atoms with Crippen LogP contribution in [0.15, 0.2) is 12.1 Å². The Hall–Kier alpha value is -1.36. The molecule has 0 saturated heterocycles. The average molecular weight is 284 g/mol. The number of hydrogen-bond acceptors (Lipinski definition) is 4. The first-order chi connectivity index (χ1) is 8.93. The molecule has 0 spiro atoms. The van der Waals surface area contributed by atoms with E-state index in [4.69, 9.17) is 9.84 Å². The van der Waals surface area contributed by atoms with Crippen LogP contribution < -0.4 is 0 Å². The first-order valence-corrected chi connectivity index (χ1v) is 7.25. The highest BCUT2D eigenvalue weighted by molar-refractivity contribution is 7.12. The van der Waals surface area contributed by atoms with Gasteiger partial charge >= 0.3 is 11.9 Å². The van der Waals surface area contributed by atoms with E-state index in [0.717, 1.165) is 4.88 Å². The number of rotatable bonds is 7. The number of carbonyl (C=O) groups excluding carboxylic acids is 1. The monoisotopic (exact) mass is 284 g/mol. The molecule has 4 nitrogen and oxygen atoms in total. The molecule has 1 aromatic rings. The van der Waals surface area contributed by atoms with Gasteiger partial charge < -0.3 is 9.84 Å². The van der Waals surface area contributed by atoms with E-state index in [9.17, 15) is 9.59 Å². The predicted octanol–water partition coefficient (Wildman–Crippen LogP) is 3.48. The van der Waals surface area contributed by atoms with Crippen molar-refractivity contribution in [3.05, 3.63) is 21.9 Å². The molecule has 106 valence electrons. The smallest absolute Gasteiger partial charge is 0.307 e. The van der Waals surface area contributed by atoms with Gasteiger partial charge in [0.15, 0.2) is 0 Å². The Kier molecular flexibility index (Phi) is 5.54. The highest BCUT2D eigenvalue weighted by Gasteiger charge is 2.34. The number of aryl methyl sites for hydroxylation is 1. The molecule has 0 fully saturated rings. The number of esters is 1. The average Bonchev–Trinajstić information content (AvgIpc) is 2.81. The minimum absolute atomic E-state index is 0.0819. The van der Waals surface area contributed by atoms with Gasteiger partial charge in [-0.3, -0.25) is 9.59 Å². The van der Waals surface area contributed by atoms with Crippen molar-refractivity contribution in [2.24, 2.45) is 0 Å². The Morgan fingerprint density at radius 2 is 1.89 bits per heavy atom. The maximum absolute atomic E-state index is 11.8. The molecule has 1 heterocycles. The Bertz CT molecular complexity index is 446. The molecule has 1 aromatic heterocycles. The lowest BCUT2D eigenvalue weighted by Gasteiger charge is -2.30. The van der Waals surface area contributed by atoms with Crippen LogP contribution in [0.5, 0.6) is 0 Å². The molecule has 0 amide bonds. The fraction of sp³-hybridized carbons (Fsp3) is 0.571. The highest BCUT2D eigenvalue weighted by Crippen LogP contribution is 2.37. The van der Waals surface area contributed by atoms with Crippen molar-refractivity contribution >= 4 is 23.3 Å². The SMILES string of the molecule is CCC(CC)(OC(=O)CCC(=O)O)c1ccc(C)s1. The Morgan fingerprint density at radius 1 is 1.26 bits per heavy atom. The van der Waals surface area contributed by atoms with Crippen LogP contribution in [-0.4, -0.2) is 17.0 Å². The maximum Gasteiger partial charge on any atom is 0.307 e. The van der Waals surface area contributed by atoms with Gasteiger partial charge in [0.1, 0.15) is 5.60 Å². The lowest BCUT2D eigenvalue weighted by Crippen LogP contribution is -2.30. The topological polar surface area (TPSA) is 63.6 Å². The normalized spacial score (nSPS) is 11.3. The molecule has 19 heavy (non-hydrogen) atoms. The molecule has 1 N–H and O–H groups in total. The Morgan fingerprint density at radius 3 is 2.32 bits per heavy atom. The van der Waals surface area contributed by atoms with Crippen LogP contribution in [0.25, 0.3) is 0 Å². The molecule has 0 atom stereocenters. The second-order valence-electron chi connectivity index (χ2n) is 4.48. The summed E-state index contributed by atoms with van der Waals surface area (Å²) >= 11 is 1.62. The van der Waals surface area contributed by atoms with Crippen LogP contribution in [-0.2, 0) is 19.9 Å². The number of aliphatic carboxylic acids is 1. The lowest BCUT2D eigenvalue weighted by atomic mass is 9.95. The van der Waals surface area contributed by atoms with E-state index in [2.05, 4.69) is 0 Å². The van der Waals surface area contributed by atoms with Gasteiger partial charge in [-0.15, -0.1) is 11.3 Å². The molecule has 0 aliphatic heterocycles. The van der Waals surface area contributed by atoms with E-state index in [0.29, 0.717) is 12.8 Å². The van der Waals surface area contributed by atoms with E-state index in [1.807, 2.05) is 32.9 Å². The highest BCUT2D eigenvalue weighted by atomic mass is 32.1. The zero-order valence-corrected chi connectivity index (χ0v) is 12.4. The van der Waals surface area contributed by atoms with Crippen LogP contribution in [0.1, 0.15) is 49.3 Å². The number of carbonyl (C=O) groups is 2. The van der Waals surface area contributed by atoms with E-state index >= 15 is 0 Å². The summed E-state index contributed by atoms with van der Waals surface area (Å²) in [5, 5.41) is 8.59. The first kappa shape index (κ1) is 15.7. The third-order valence-corrected chi connectivity index (χ3v) is 4.37. The Balaban J connectivity index is 2.82. The number of ether oxygens (including phenoxy) is 1. The lowest BCUT2D eigenvalue weighted by molar-refractivity contribution is -0.163. The molecule has 0 aromatic carbocycles. The molecular formula is C14H20O4S. The Labute approximate surface area is 117 Å². The standard InChI is InChI=1S/C14H20O4S/c1-4-14(5-2,11-7-6-10(3)19-11)18-13(17)9-8-12(15)16/h6-7H,4-5,8-9H2,1-3H3,(H,15,16). The molecular weight excluding hydrogens is 264 g/mol. The van der Waals surface area contributed by atoms with Crippen molar-refractivity contribution in [3.8, 4) is 0 Å². The summed E-state index contributed by atoms with van der Waals surface area (Å²) < 4.78 is 5.59. The molecule has 0 aliphatic rings. The van der Waals surface area contributed by atoms with E-state index < -0.39 is 17.5 Å². The van der Waals surface area contributed by atoms with E-state index in [1.165, 1.54) is 4.88 Å². The third-order valence-electron chi connectivity index (χ3n) is 3.18. The van der Waals surface area contributed by atoms with Crippen molar-refractivity contribution in [3.63, 3.8) is 0 Å². The van der Waals surface area contributed by atoms with Crippen molar-refractivity contribution in [2.75, 3.05) is 0 Å². The van der Waals surface area contributed by atoms with Gasteiger partial charge in [-0.1, -0.05) is 13.8 Å². The summed E-state index contributed by atoms with van der Waals surface area (Å²) in [6, 6.07) is 3.99. The zero-order chi connectivity index (χ0) is 14.5. The van der Waals surface area contributed by atoms with Crippen molar-refractivity contribution in [1.82, 2.24) is 0 Å². The van der Waals surface area contributed by atoms with Gasteiger partial charge in [0.25, 0.3) is 0 Å². The zero-order valence-electron chi connectivity index (χ0n) is 11.6. The van der Waals surface area contributed by atoms with Gasteiger partial charge in [-0.05, 0) is 31.9 Å². The van der Waals surface area contributed by atoms with Crippen molar-refractivity contribution in [2.45, 2.75) is 52.1 Å². The van der Waals surface area contributed by atoms with Gasteiger partial charge in [-0.25, -0.2) is 0 Å². The molecule has 0 bridgehead atoms. The van der Waals surface area contributed by atoms with Crippen LogP contribution >= 0.6 is 11.3 Å². The largest absolute Gasteiger partial charge is 0.481 e. The fourth-order valence-electron chi connectivity index (χ4n) is 1.95. The minimum Gasteiger partial charge on any atom is -0.481 e. The fourth-order valence-corrected chi connectivity index (χ4v) is 3.09. The number of thiophene rings is 1. The predicted molar refractivity (Wildman–Crippen MR) is 74.3 cm³/mol. The summed E-state index contributed by atoms with van der Waals surface area (Å²) in [4.78, 5) is 24.5. The van der Waals surface area contributed by atoms with E-state index in [1.54, 1.807) is 11.3 Å². The maximum atomic E-state index is 11.8. The van der Waals surface area contributed by atoms with E-state index in [-0.39, 0.29) is 12.8 Å². The van der Waals surface area contributed by atoms with Gasteiger partial charge in [-0.2, -0.15) is 0 Å². The molecule has 5 heteroatoms. The summed E-state index contributed by atoms with van der Waals surface area (Å²) in [7, 11) is 0. The van der Waals surface area contributed by atoms with Crippen molar-refractivity contribution < 1.29 is 19.4 Å². The van der Waals surface area contributed by atoms with Crippen LogP contribution in [0.3, 0.4) is 0 Å². The summed E-state index contributed by atoms with van der Waals surface area (Å²) in [6.45, 7) is 5.96. The van der Waals surface area contributed by atoms with Gasteiger partial charge in [0, 0.05) is 9.75 Å². The number of carboxylic acid groups (broad SMARTS) is 1. The molecule has 0 unspecified atom stereocenters. The van der Waals surface area contributed by atoms with Gasteiger partial charge in [0.2, 0.25) is 0 Å². The number of hydrogen-bond donors (Lipinski definition) is 1. The van der Waals surface area contributed by atoms with Crippen LogP contribution in [0.2, 0.25) is 0 Å².